The van der Waals surface area contributed by atoms with Gasteiger partial charge >= 0.3 is 12.3 Å². The zero-order chi connectivity index (χ0) is 22.0. The number of carbonyl (C=O) groups is 1. The Bertz CT molecular complexity index is 841. The zero-order valence-electron chi connectivity index (χ0n) is 16.0. The molecule has 8 nitrogen and oxygen atoms in total. The van der Waals surface area contributed by atoms with Crippen LogP contribution in [0, 0.1) is 0 Å². The van der Waals surface area contributed by atoms with Crippen molar-refractivity contribution in [1.82, 2.24) is 9.62 Å². The van der Waals surface area contributed by atoms with Gasteiger partial charge in [0.2, 0.25) is 16.1 Å². The van der Waals surface area contributed by atoms with Gasteiger partial charge in [0.25, 0.3) is 0 Å². The van der Waals surface area contributed by atoms with Crippen molar-refractivity contribution in [2.75, 3.05) is 26.3 Å². The van der Waals surface area contributed by atoms with Crippen molar-refractivity contribution < 1.29 is 41.0 Å². The number of benzene rings is 1. The SMILES string of the molecule is O=C(OC(CO)C(F)(F)F)N1CCC2(CC1)CC(NS(=O)(=O)c1ccccc1)CO2. The molecule has 2 saturated heterocycles. The van der Waals surface area contributed by atoms with Crippen LogP contribution in [0.1, 0.15) is 19.3 Å². The number of nitrogens with one attached hydrogen (secondary N) is 1. The normalized spacial score (nSPS) is 22.8. The van der Waals surface area contributed by atoms with Crippen LogP contribution < -0.4 is 4.72 Å². The van der Waals surface area contributed by atoms with Crippen molar-refractivity contribution in [1.29, 1.82) is 0 Å². The van der Waals surface area contributed by atoms with Gasteiger partial charge in [-0.2, -0.15) is 13.2 Å². The molecule has 1 spiro atoms. The monoisotopic (exact) mass is 452 g/mol. The molecule has 3 rings (SSSR count). The Labute approximate surface area is 172 Å². The molecule has 0 aromatic heterocycles. The summed E-state index contributed by atoms with van der Waals surface area (Å²) in [6.07, 6.45) is -7.51. The van der Waals surface area contributed by atoms with E-state index in [0.717, 1.165) is 4.90 Å². The molecule has 30 heavy (non-hydrogen) atoms. The van der Waals surface area contributed by atoms with E-state index in [1.54, 1.807) is 18.2 Å². The summed E-state index contributed by atoms with van der Waals surface area (Å²) in [4.78, 5) is 13.3. The highest BCUT2D eigenvalue weighted by atomic mass is 32.2. The number of amides is 1. The van der Waals surface area contributed by atoms with Crippen LogP contribution in [0.15, 0.2) is 35.2 Å². The van der Waals surface area contributed by atoms with Gasteiger partial charge in [-0.15, -0.1) is 0 Å². The van der Waals surface area contributed by atoms with Crippen molar-refractivity contribution in [2.45, 2.75) is 48.1 Å². The van der Waals surface area contributed by atoms with Gasteiger partial charge in [0, 0.05) is 19.1 Å². The molecule has 2 heterocycles. The Balaban J connectivity index is 1.53. The van der Waals surface area contributed by atoms with Crippen molar-refractivity contribution in [3.8, 4) is 0 Å². The number of nitrogens with zero attached hydrogens (tertiary/aromatic N) is 1. The van der Waals surface area contributed by atoms with Crippen molar-refractivity contribution in [3.05, 3.63) is 30.3 Å². The molecule has 2 fully saturated rings. The van der Waals surface area contributed by atoms with Crippen LogP contribution in [-0.4, -0.2) is 74.7 Å². The quantitative estimate of drug-likeness (QED) is 0.704. The number of alkyl halides is 3. The fraction of sp³-hybridized carbons (Fsp3) is 0.611. The molecule has 1 amide bonds. The lowest BCUT2D eigenvalue weighted by Crippen LogP contribution is -2.49. The average molecular weight is 452 g/mol. The van der Waals surface area contributed by atoms with Crippen LogP contribution in [0.5, 0.6) is 0 Å². The number of hydrogen-bond acceptors (Lipinski definition) is 6. The molecule has 2 N–H and O–H groups in total. The van der Waals surface area contributed by atoms with Gasteiger partial charge in [-0.25, -0.2) is 17.9 Å². The van der Waals surface area contributed by atoms with Gasteiger partial charge in [0.1, 0.15) is 0 Å². The fourth-order valence-corrected chi connectivity index (χ4v) is 4.90. The summed E-state index contributed by atoms with van der Waals surface area (Å²) >= 11 is 0. The largest absolute Gasteiger partial charge is 0.434 e. The molecule has 1 aromatic carbocycles. The fourth-order valence-electron chi connectivity index (χ4n) is 3.66. The highest BCUT2D eigenvalue weighted by molar-refractivity contribution is 7.89. The van der Waals surface area contributed by atoms with E-state index in [4.69, 9.17) is 9.84 Å². The van der Waals surface area contributed by atoms with Crippen LogP contribution in [0.3, 0.4) is 0 Å². The first-order valence-corrected chi connectivity index (χ1v) is 10.9. The Kier molecular flexibility index (Phi) is 6.60. The summed E-state index contributed by atoms with van der Waals surface area (Å²) in [5, 5.41) is 8.79. The van der Waals surface area contributed by atoms with E-state index in [-0.39, 0.29) is 24.6 Å². The minimum atomic E-state index is -4.85. The lowest BCUT2D eigenvalue weighted by molar-refractivity contribution is -0.215. The molecule has 2 aliphatic rings. The number of likely N-dealkylation sites (tertiary alicyclic amines) is 1. The highest BCUT2D eigenvalue weighted by Gasteiger charge is 2.46. The van der Waals surface area contributed by atoms with E-state index < -0.39 is 46.6 Å². The minimum absolute atomic E-state index is 0.104. The first-order valence-electron chi connectivity index (χ1n) is 9.39. The molecule has 2 atom stereocenters. The maximum absolute atomic E-state index is 12.7. The topological polar surface area (TPSA) is 105 Å². The molecule has 1 aromatic rings. The Morgan fingerprint density at radius 3 is 2.50 bits per heavy atom. The van der Waals surface area contributed by atoms with Crippen molar-refractivity contribution >= 4 is 16.1 Å². The van der Waals surface area contributed by atoms with E-state index in [9.17, 15) is 26.4 Å². The maximum atomic E-state index is 12.7. The van der Waals surface area contributed by atoms with E-state index in [2.05, 4.69) is 9.46 Å². The first kappa shape index (κ1) is 22.8. The van der Waals surface area contributed by atoms with E-state index >= 15 is 0 Å². The van der Waals surface area contributed by atoms with Gasteiger partial charge in [0.15, 0.2) is 0 Å². The van der Waals surface area contributed by atoms with Crippen LogP contribution in [0.25, 0.3) is 0 Å². The van der Waals surface area contributed by atoms with E-state index in [1.165, 1.54) is 12.1 Å². The number of halogens is 3. The van der Waals surface area contributed by atoms with Crippen molar-refractivity contribution in [3.63, 3.8) is 0 Å². The predicted octanol–water partition coefficient (Wildman–Crippen LogP) is 1.65. The Hall–Kier alpha value is -1.89. The number of piperidine rings is 1. The summed E-state index contributed by atoms with van der Waals surface area (Å²) in [6, 6.07) is 7.48. The molecule has 0 saturated carbocycles. The molecule has 168 valence electrons. The molecule has 0 bridgehead atoms. The predicted molar refractivity (Wildman–Crippen MR) is 98.1 cm³/mol. The molecule has 12 heteroatoms. The maximum Gasteiger partial charge on any atom is 0.427 e. The molecular formula is C18H23F3N2O6S. The number of aliphatic hydroxyl groups excluding tert-OH is 1. The third kappa shape index (κ3) is 5.23. The van der Waals surface area contributed by atoms with Gasteiger partial charge < -0.3 is 19.5 Å². The summed E-state index contributed by atoms with van der Waals surface area (Å²) in [5.41, 5.74) is -0.652. The van der Waals surface area contributed by atoms with Gasteiger partial charge in [0.05, 0.1) is 23.7 Å². The molecule has 0 radical (unpaired) electrons. The lowest BCUT2D eigenvalue weighted by atomic mass is 9.88. The van der Waals surface area contributed by atoms with Gasteiger partial charge in [-0.1, -0.05) is 18.2 Å². The second-order valence-corrected chi connectivity index (χ2v) is 9.13. The molecule has 2 aliphatic heterocycles. The molecule has 0 aliphatic carbocycles. The van der Waals surface area contributed by atoms with Gasteiger partial charge in [-0.05, 0) is 31.4 Å². The minimum Gasteiger partial charge on any atom is -0.434 e. The average Bonchev–Trinajstić information content (AvgIpc) is 3.07. The second kappa shape index (κ2) is 8.69. The molecule has 2 unspecified atom stereocenters. The third-order valence-corrected chi connectivity index (χ3v) is 6.83. The third-order valence-electron chi connectivity index (χ3n) is 5.29. The number of carbonyl (C=O) groups excluding carboxylic acids is 1. The zero-order valence-corrected chi connectivity index (χ0v) is 16.8. The number of ether oxygens (including phenoxy) is 2. The van der Waals surface area contributed by atoms with E-state index in [1.807, 2.05) is 0 Å². The lowest BCUT2D eigenvalue weighted by Gasteiger charge is -2.38. The second-order valence-electron chi connectivity index (χ2n) is 7.41. The summed E-state index contributed by atoms with van der Waals surface area (Å²) in [7, 11) is -3.70. The molecular weight excluding hydrogens is 429 g/mol. The van der Waals surface area contributed by atoms with E-state index in [0.29, 0.717) is 19.3 Å². The van der Waals surface area contributed by atoms with Crippen LogP contribution in [0.4, 0.5) is 18.0 Å². The van der Waals surface area contributed by atoms with Crippen LogP contribution in [0.2, 0.25) is 0 Å². The summed E-state index contributed by atoms with van der Waals surface area (Å²) < 4.78 is 75.7. The summed E-state index contributed by atoms with van der Waals surface area (Å²) in [6.45, 7) is -0.976. The highest BCUT2D eigenvalue weighted by Crippen LogP contribution is 2.36. The van der Waals surface area contributed by atoms with Gasteiger partial charge in [-0.3, -0.25) is 0 Å². The van der Waals surface area contributed by atoms with Crippen LogP contribution >= 0.6 is 0 Å². The number of rotatable bonds is 5. The van der Waals surface area contributed by atoms with Crippen molar-refractivity contribution in [2.24, 2.45) is 0 Å². The number of aliphatic hydroxyl groups is 1. The smallest absolute Gasteiger partial charge is 0.427 e. The standard InChI is InChI=1S/C18H23F3N2O6S/c19-18(20,21)15(11-24)29-16(25)23-8-6-17(7-9-23)10-13(12-28-17)22-30(26,27)14-4-2-1-3-5-14/h1-5,13,15,22,24H,6-12H2. The van der Waals surface area contributed by atoms with Crippen LogP contribution in [-0.2, 0) is 19.5 Å². The summed E-state index contributed by atoms with van der Waals surface area (Å²) in [5.74, 6) is 0. The number of sulfonamides is 1. The first-order chi connectivity index (χ1) is 14.0. The number of hydrogen-bond donors (Lipinski definition) is 2. The Morgan fingerprint density at radius 2 is 1.93 bits per heavy atom. The Morgan fingerprint density at radius 1 is 1.30 bits per heavy atom.